The van der Waals surface area contributed by atoms with Crippen LogP contribution in [0, 0.1) is 11.7 Å². The summed E-state index contributed by atoms with van der Waals surface area (Å²) in [6.45, 7) is 1.54. The Labute approximate surface area is 157 Å². The van der Waals surface area contributed by atoms with Crippen molar-refractivity contribution in [1.82, 2.24) is 10.0 Å². The van der Waals surface area contributed by atoms with Gasteiger partial charge in [-0.25, -0.2) is 14.2 Å². The van der Waals surface area contributed by atoms with E-state index in [0.717, 1.165) is 7.05 Å². The molecule has 5 nitrogen and oxygen atoms in total. The third-order valence-electron chi connectivity index (χ3n) is 3.63. The van der Waals surface area contributed by atoms with Crippen molar-refractivity contribution >= 4 is 12.0 Å². The van der Waals surface area contributed by atoms with Gasteiger partial charge in [-0.05, 0) is 45.7 Å². The van der Waals surface area contributed by atoms with Gasteiger partial charge in [-0.1, -0.05) is 6.07 Å². The van der Waals surface area contributed by atoms with Gasteiger partial charge in [-0.15, -0.1) is 0 Å². The average molecular weight is 392 g/mol. The van der Waals surface area contributed by atoms with Crippen molar-refractivity contribution in [2.45, 2.75) is 51.9 Å². The highest BCUT2D eigenvalue weighted by molar-refractivity contribution is 5.83. The first kappa shape index (κ1) is 18.1. The minimum absolute atomic E-state index is 0.142. The smallest absolute Gasteiger partial charge is 0.429 e. The second-order valence-electron chi connectivity index (χ2n) is 7.23. The second-order valence-corrected chi connectivity index (χ2v) is 7.23. The Kier molecular flexibility index (Phi) is 4.92. The molecule has 1 aliphatic rings. The van der Waals surface area contributed by atoms with Gasteiger partial charge in [0.2, 0.25) is 5.91 Å². The first-order valence-corrected chi connectivity index (χ1v) is 8.23. The first-order valence-electron chi connectivity index (χ1n) is 9.23. The van der Waals surface area contributed by atoms with E-state index in [0.29, 0.717) is 35.0 Å². The number of halogens is 4. The van der Waals surface area contributed by atoms with Gasteiger partial charge >= 0.3 is 12.3 Å². The fourth-order valence-corrected chi connectivity index (χ4v) is 2.14. The van der Waals surface area contributed by atoms with E-state index in [1.54, 1.807) is 0 Å². The van der Waals surface area contributed by atoms with Crippen LogP contribution in [-0.2, 0) is 22.2 Å². The Morgan fingerprint density at radius 2 is 1.85 bits per heavy atom. The molecule has 150 valence electrons. The molecule has 1 aromatic carbocycles. The van der Waals surface area contributed by atoms with E-state index >= 15 is 0 Å². The standard InChI is InChI=1S/C18H22F4N2O3/c1-17(2,3)27-16(26)24(23(4)15(25)11-5-6-11)10-12-7-8-13(9-14(12)19)18(20,21)22/h7-9,11H,5-6,10H2,1-4H3/i10D2. The molecule has 0 aromatic heterocycles. The van der Waals surface area contributed by atoms with E-state index in [9.17, 15) is 27.2 Å². The quantitative estimate of drug-likeness (QED) is 0.567. The highest BCUT2D eigenvalue weighted by atomic mass is 19.4. The van der Waals surface area contributed by atoms with Crippen LogP contribution in [-0.4, -0.2) is 34.7 Å². The van der Waals surface area contributed by atoms with Gasteiger partial charge < -0.3 is 4.74 Å². The fraction of sp³-hybridized carbons (Fsp3) is 0.556. The summed E-state index contributed by atoms with van der Waals surface area (Å²) in [5, 5.41) is 0.993. The maximum atomic E-state index is 14.5. The van der Waals surface area contributed by atoms with Crippen LogP contribution in [0.3, 0.4) is 0 Å². The molecule has 2 rings (SSSR count). The Morgan fingerprint density at radius 1 is 1.26 bits per heavy atom. The van der Waals surface area contributed by atoms with E-state index in [1.807, 2.05) is 0 Å². The molecule has 0 unspecified atom stereocenters. The van der Waals surface area contributed by atoms with Crippen molar-refractivity contribution in [1.29, 1.82) is 0 Å². The SMILES string of the molecule is [2H]C([2H])(c1ccc(C(F)(F)F)cc1F)N(C(=O)OC(C)(C)C)N(C)C(=O)C1CC1. The van der Waals surface area contributed by atoms with Gasteiger partial charge in [0.1, 0.15) is 11.4 Å². The summed E-state index contributed by atoms with van der Waals surface area (Å²) in [6.07, 6.45) is -4.99. The van der Waals surface area contributed by atoms with Crippen molar-refractivity contribution in [3.63, 3.8) is 0 Å². The number of amides is 2. The van der Waals surface area contributed by atoms with Crippen LogP contribution < -0.4 is 0 Å². The van der Waals surface area contributed by atoms with Crippen molar-refractivity contribution in [2.24, 2.45) is 5.92 Å². The van der Waals surface area contributed by atoms with Crippen molar-refractivity contribution in [3.05, 3.63) is 35.1 Å². The van der Waals surface area contributed by atoms with Gasteiger partial charge in [-0.2, -0.15) is 13.2 Å². The predicted molar refractivity (Wildman–Crippen MR) is 88.7 cm³/mol. The van der Waals surface area contributed by atoms with Gasteiger partial charge in [0.25, 0.3) is 0 Å². The maximum Gasteiger partial charge on any atom is 0.429 e. The number of hydrogen-bond donors (Lipinski definition) is 0. The molecule has 0 spiro atoms. The lowest BCUT2D eigenvalue weighted by Gasteiger charge is -2.33. The lowest BCUT2D eigenvalue weighted by molar-refractivity contribution is -0.147. The molecule has 0 radical (unpaired) electrons. The largest absolute Gasteiger partial charge is 0.442 e. The van der Waals surface area contributed by atoms with Crippen LogP contribution in [0.1, 0.15) is 47.5 Å². The average Bonchev–Trinajstić information content (AvgIpc) is 3.35. The third-order valence-corrected chi connectivity index (χ3v) is 3.63. The van der Waals surface area contributed by atoms with Crippen LogP contribution in [0.2, 0.25) is 0 Å². The lowest BCUT2D eigenvalue weighted by atomic mass is 10.1. The van der Waals surface area contributed by atoms with Crippen LogP contribution in [0.15, 0.2) is 18.2 Å². The number of carbonyl (C=O) groups is 2. The Morgan fingerprint density at radius 3 is 2.30 bits per heavy atom. The Balaban J connectivity index is 2.49. The molecule has 1 aromatic rings. The van der Waals surface area contributed by atoms with Crippen LogP contribution in [0.5, 0.6) is 0 Å². The van der Waals surface area contributed by atoms with Crippen LogP contribution in [0.25, 0.3) is 0 Å². The number of hydrogen-bond acceptors (Lipinski definition) is 3. The monoisotopic (exact) mass is 392 g/mol. The van der Waals surface area contributed by atoms with E-state index in [4.69, 9.17) is 7.48 Å². The summed E-state index contributed by atoms with van der Waals surface area (Å²) >= 11 is 0. The zero-order valence-electron chi connectivity index (χ0n) is 17.4. The van der Waals surface area contributed by atoms with Crippen LogP contribution in [0.4, 0.5) is 22.4 Å². The summed E-state index contributed by atoms with van der Waals surface area (Å²) in [5.41, 5.74) is -3.21. The topological polar surface area (TPSA) is 49.9 Å². The van der Waals surface area contributed by atoms with Gasteiger partial charge in [0.05, 0.1) is 14.8 Å². The normalized spacial score (nSPS) is 16.3. The molecular formula is C18H22F4N2O3. The summed E-state index contributed by atoms with van der Waals surface area (Å²) in [5.74, 6) is -2.49. The first-order chi connectivity index (χ1) is 13.1. The number of ether oxygens (including phenoxy) is 1. The molecule has 0 aliphatic heterocycles. The minimum Gasteiger partial charge on any atom is -0.442 e. The molecule has 0 bridgehead atoms. The maximum absolute atomic E-state index is 14.5. The summed E-state index contributed by atoms with van der Waals surface area (Å²) in [6, 6.07) is 1.25. The number of alkyl halides is 3. The minimum atomic E-state index is -4.82. The third kappa shape index (κ3) is 5.58. The van der Waals surface area contributed by atoms with Crippen molar-refractivity contribution in [2.75, 3.05) is 7.05 Å². The Bertz CT molecular complexity index is 805. The summed E-state index contributed by atoms with van der Waals surface area (Å²) in [7, 11) is 1.13. The predicted octanol–water partition coefficient (Wildman–Crippen LogP) is 4.37. The molecule has 1 aliphatic carbocycles. The molecule has 0 saturated heterocycles. The van der Waals surface area contributed by atoms with Crippen molar-refractivity contribution < 1.29 is 34.6 Å². The highest BCUT2D eigenvalue weighted by Crippen LogP contribution is 2.32. The van der Waals surface area contributed by atoms with Gasteiger partial charge in [-0.3, -0.25) is 9.80 Å². The second kappa shape index (κ2) is 7.36. The van der Waals surface area contributed by atoms with Crippen LogP contribution >= 0.6 is 0 Å². The van der Waals surface area contributed by atoms with Crippen molar-refractivity contribution in [3.8, 4) is 0 Å². The zero-order valence-corrected chi connectivity index (χ0v) is 15.4. The molecule has 27 heavy (non-hydrogen) atoms. The van der Waals surface area contributed by atoms with E-state index < -0.39 is 53.1 Å². The van der Waals surface area contributed by atoms with E-state index in [-0.39, 0.29) is 6.07 Å². The Hall–Kier alpha value is -2.32. The molecular weight excluding hydrogens is 368 g/mol. The van der Waals surface area contributed by atoms with E-state index in [1.165, 1.54) is 20.8 Å². The molecule has 2 amide bonds. The zero-order chi connectivity index (χ0) is 22.4. The number of rotatable bonds is 3. The lowest BCUT2D eigenvalue weighted by Crippen LogP contribution is -2.49. The molecule has 9 heteroatoms. The number of benzene rings is 1. The summed E-state index contributed by atoms with van der Waals surface area (Å²) in [4.78, 5) is 25.1. The molecule has 1 saturated carbocycles. The summed E-state index contributed by atoms with van der Waals surface area (Å²) < 4.78 is 74.6. The fourth-order valence-electron chi connectivity index (χ4n) is 2.14. The highest BCUT2D eigenvalue weighted by Gasteiger charge is 2.37. The van der Waals surface area contributed by atoms with Gasteiger partial charge in [0, 0.05) is 18.5 Å². The molecule has 0 N–H and O–H groups in total. The number of hydrazine groups is 1. The molecule has 0 atom stereocenters. The number of nitrogens with zero attached hydrogens (tertiary/aromatic N) is 2. The van der Waals surface area contributed by atoms with Gasteiger partial charge in [0.15, 0.2) is 0 Å². The molecule has 0 heterocycles. The number of carbonyl (C=O) groups excluding carboxylic acids is 2. The van der Waals surface area contributed by atoms with E-state index in [2.05, 4.69) is 0 Å². The molecule has 1 fully saturated rings.